The van der Waals surface area contributed by atoms with Gasteiger partial charge >= 0.3 is 0 Å². The summed E-state index contributed by atoms with van der Waals surface area (Å²) >= 11 is 6.29. The summed E-state index contributed by atoms with van der Waals surface area (Å²) in [7, 11) is 0. The zero-order chi connectivity index (χ0) is 20.7. The molecule has 5 rings (SSSR count). The molecule has 3 aromatic carbocycles. The predicted molar refractivity (Wildman–Crippen MR) is 118 cm³/mol. The number of hydrogen-bond acceptors (Lipinski definition) is 2. The molecule has 0 N–H and O–H groups in total. The van der Waals surface area contributed by atoms with Crippen molar-refractivity contribution in [3.63, 3.8) is 0 Å². The Kier molecular flexibility index (Phi) is 4.60. The van der Waals surface area contributed by atoms with E-state index in [1.54, 1.807) is 23.0 Å². The van der Waals surface area contributed by atoms with Crippen molar-refractivity contribution in [2.24, 2.45) is 0 Å². The number of hydrogen-bond donors (Lipinski definition) is 0. The molecule has 0 saturated carbocycles. The molecule has 0 amide bonds. The number of halogens is 2. The molecule has 0 radical (unpaired) electrons. The fraction of sp³-hybridized carbons (Fsp3) is 0.0833. The van der Waals surface area contributed by atoms with Crippen LogP contribution in [0.15, 0.2) is 83.9 Å². The summed E-state index contributed by atoms with van der Waals surface area (Å²) in [5, 5.41) is 1.50. The van der Waals surface area contributed by atoms with Gasteiger partial charge in [0.2, 0.25) is 0 Å². The van der Waals surface area contributed by atoms with Crippen LogP contribution in [-0.4, -0.2) is 14.1 Å². The molecule has 0 unspecified atom stereocenters. The molecule has 0 aliphatic carbocycles. The van der Waals surface area contributed by atoms with E-state index < -0.39 is 0 Å². The summed E-state index contributed by atoms with van der Waals surface area (Å²) in [4.78, 5) is 18.1. The van der Waals surface area contributed by atoms with Crippen LogP contribution in [0.5, 0.6) is 0 Å². The first kappa shape index (κ1) is 18.6. The van der Waals surface area contributed by atoms with Crippen molar-refractivity contribution < 1.29 is 4.39 Å². The van der Waals surface area contributed by atoms with E-state index in [9.17, 15) is 9.18 Å². The number of fused-ring (bicyclic) bond motifs is 3. The smallest absolute Gasteiger partial charge is 0.278 e. The van der Waals surface area contributed by atoms with Crippen molar-refractivity contribution in [1.82, 2.24) is 14.1 Å². The van der Waals surface area contributed by atoms with Gasteiger partial charge in [0.05, 0.1) is 18.4 Å². The van der Waals surface area contributed by atoms with Gasteiger partial charge < -0.3 is 4.57 Å². The lowest BCUT2D eigenvalue weighted by atomic mass is 10.2. The lowest BCUT2D eigenvalue weighted by molar-refractivity contribution is 0.624. The summed E-state index contributed by atoms with van der Waals surface area (Å²) < 4.78 is 17.2. The highest BCUT2D eigenvalue weighted by atomic mass is 35.5. The predicted octanol–water partition coefficient (Wildman–Crippen LogP) is 5.24. The third-order valence-corrected chi connectivity index (χ3v) is 5.63. The normalized spacial score (nSPS) is 11.4. The van der Waals surface area contributed by atoms with Crippen LogP contribution in [0.3, 0.4) is 0 Å². The van der Waals surface area contributed by atoms with Gasteiger partial charge in [-0.3, -0.25) is 9.36 Å². The fourth-order valence-corrected chi connectivity index (χ4v) is 4.05. The molecule has 4 nitrogen and oxygen atoms in total. The van der Waals surface area contributed by atoms with Crippen LogP contribution in [0.25, 0.3) is 21.9 Å². The second-order valence-electron chi connectivity index (χ2n) is 7.20. The van der Waals surface area contributed by atoms with Crippen molar-refractivity contribution >= 4 is 33.5 Å². The van der Waals surface area contributed by atoms with E-state index >= 15 is 0 Å². The van der Waals surface area contributed by atoms with Gasteiger partial charge in [-0.2, -0.15) is 0 Å². The van der Waals surface area contributed by atoms with Crippen LogP contribution in [0.4, 0.5) is 4.39 Å². The van der Waals surface area contributed by atoms with E-state index in [0.717, 1.165) is 22.0 Å². The van der Waals surface area contributed by atoms with Crippen molar-refractivity contribution in [2.75, 3.05) is 0 Å². The SMILES string of the molecule is O=c1c2c(ncn1Cc1ccccc1Cl)c1ccccc1n2Cc1cccc(F)c1. The minimum Gasteiger partial charge on any atom is -0.330 e. The number of benzene rings is 3. The van der Waals surface area contributed by atoms with E-state index in [4.69, 9.17) is 11.6 Å². The van der Waals surface area contributed by atoms with Gasteiger partial charge in [-0.1, -0.05) is 60.1 Å². The summed E-state index contributed by atoms with van der Waals surface area (Å²) in [5.41, 5.74) is 3.48. The molecule has 2 heterocycles. The fourth-order valence-electron chi connectivity index (χ4n) is 3.85. The molecule has 0 saturated heterocycles. The molecule has 0 aliphatic rings. The van der Waals surface area contributed by atoms with Gasteiger partial charge in [0.15, 0.2) is 0 Å². The molecule has 30 heavy (non-hydrogen) atoms. The Morgan fingerprint density at radius 2 is 1.73 bits per heavy atom. The second kappa shape index (κ2) is 7.43. The quantitative estimate of drug-likeness (QED) is 0.401. The Bertz CT molecular complexity index is 1450. The highest BCUT2D eigenvalue weighted by Gasteiger charge is 2.17. The molecule has 6 heteroatoms. The molecule has 0 spiro atoms. The monoisotopic (exact) mass is 417 g/mol. The van der Waals surface area contributed by atoms with Gasteiger partial charge in [0.25, 0.3) is 5.56 Å². The maximum Gasteiger partial charge on any atom is 0.278 e. The molecular formula is C24H17ClFN3O. The summed E-state index contributed by atoms with van der Waals surface area (Å²) in [5.74, 6) is -0.303. The van der Waals surface area contributed by atoms with Gasteiger partial charge in [-0.15, -0.1) is 0 Å². The average Bonchev–Trinajstić information content (AvgIpc) is 3.06. The topological polar surface area (TPSA) is 39.8 Å². The van der Waals surface area contributed by atoms with Crippen LogP contribution in [0.2, 0.25) is 5.02 Å². The summed E-state index contributed by atoms with van der Waals surface area (Å²) in [6.07, 6.45) is 1.56. The zero-order valence-corrected chi connectivity index (χ0v) is 16.7. The van der Waals surface area contributed by atoms with E-state index in [2.05, 4.69) is 4.98 Å². The molecule has 148 valence electrons. The Labute approximate surface area is 176 Å². The van der Waals surface area contributed by atoms with E-state index in [0.29, 0.717) is 29.1 Å². The van der Waals surface area contributed by atoms with Crippen molar-refractivity contribution in [3.8, 4) is 0 Å². The maximum absolute atomic E-state index is 13.7. The molecule has 0 aliphatic heterocycles. The highest BCUT2D eigenvalue weighted by Crippen LogP contribution is 2.26. The van der Waals surface area contributed by atoms with Crippen LogP contribution in [0, 0.1) is 5.82 Å². The first-order valence-electron chi connectivity index (χ1n) is 9.56. The molecule has 5 aromatic rings. The van der Waals surface area contributed by atoms with Gasteiger partial charge in [0.1, 0.15) is 16.9 Å². The van der Waals surface area contributed by atoms with E-state index in [1.807, 2.05) is 53.1 Å². The van der Waals surface area contributed by atoms with Gasteiger partial charge in [0, 0.05) is 17.0 Å². The van der Waals surface area contributed by atoms with Crippen molar-refractivity contribution in [3.05, 3.63) is 111 Å². The number of aromatic nitrogens is 3. The average molecular weight is 418 g/mol. The Hall–Kier alpha value is -3.44. The van der Waals surface area contributed by atoms with E-state index in [1.165, 1.54) is 12.1 Å². The number of para-hydroxylation sites is 1. The van der Waals surface area contributed by atoms with Gasteiger partial charge in [-0.05, 0) is 35.4 Å². The number of rotatable bonds is 4. The standard InChI is InChI=1S/C24H17ClFN3O/c25-20-10-3-1-7-17(20)14-28-15-27-22-19-9-2-4-11-21(19)29(23(22)24(28)30)13-16-6-5-8-18(26)12-16/h1-12,15H,13-14H2. The van der Waals surface area contributed by atoms with E-state index in [-0.39, 0.29) is 11.4 Å². The Balaban J connectivity index is 1.72. The summed E-state index contributed by atoms with van der Waals surface area (Å²) in [6, 6.07) is 21.6. The Morgan fingerprint density at radius 1 is 0.933 bits per heavy atom. The molecular weight excluding hydrogens is 401 g/mol. The lowest BCUT2D eigenvalue weighted by Gasteiger charge is -2.10. The first-order chi connectivity index (χ1) is 14.6. The van der Waals surface area contributed by atoms with Crippen LogP contribution >= 0.6 is 11.6 Å². The van der Waals surface area contributed by atoms with Crippen molar-refractivity contribution in [2.45, 2.75) is 13.1 Å². The van der Waals surface area contributed by atoms with Crippen molar-refractivity contribution in [1.29, 1.82) is 0 Å². The highest BCUT2D eigenvalue weighted by molar-refractivity contribution is 6.31. The minimum absolute atomic E-state index is 0.160. The third kappa shape index (κ3) is 3.17. The first-order valence-corrected chi connectivity index (χ1v) is 9.94. The van der Waals surface area contributed by atoms with Crippen LogP contribution in [-0.2, 0) is 13.1 Å². The Morgan fingerprint density at radius 3 is 2.57 bits per heavy atom. The molecule has 0 fully saturated rings. The minimum atomic E-state index is -0.303. The second-order valence-corrected chi connectivity index (χ2v) is 7.61. The number of nitrogens with zero attached hydrogens (tertiary/aromatic N) is 3. The van der Waals surface area contributed by atoms with Crippen LogP contribution < -0.4 is 5.56 Å². The molecule has 0 atom stereocenters. The molecule has 0 bridgehead atoms. The largest absolute Gasteiger partial charge is 0.330 e. The lowest BCUT2D eigenvalue weighted by Crippen LogP contribution is -2.23. The van der Waals surface area contributed by atoms with Crippen LogP contribution in [0.1, 0.15) is 11.1 Å². The maximum atomic E-state index is 13.7. The zero-order valence-electron chi connectivity index (χ0n) is 15.9. The molecule has 2 aromatic heterocycles. The summed E-state index contributed by atoms with van der Waals surface area (Å²) in [6.45, 7) is 0.692. The van der Waals surface area contributed by atoms with Gasteiger partial charge in [-0.25, -0.2) is 9.37 Å². The third-order valence-electron chi connectivity index (χ3n) is 5.26.